The zero-order valence-corrected chi connectivity index (χ0v) is 19.0. The lowest BCUT2D eigenvalue weighted by molar-refractivity contribution is 0.302. The van der Waals surface area contributed by atoms with Crippen molar-refractivity contribution in [2.45, 2.75) is 103 Å². The molecule has 0 radical (unpaired) electrons. The number of aryl methyl sites for hydroxylation is 1. The summed E-state index contributed by atoms with van der Waals surface area (Å²) in [5, 5.41) is 0. The molecule has 0 aliphatic heterocycles. The molecule has 0 heterocycles. The summed E-state index contributed by atoms with van der Waals surface area (Å²) < 4.78 is 0. The van der Waals surface area contributed by atoms with E-state index >= 15 is 0 Å². The van der Waals surface area contributed by atoms with Gasteiger partial charge in [-0.05, 0) is 72.6 Å². The number of hydrogen-bond acceptors (Lipinski definition) is 0. The standard InChI is InChI=1S/C29H42/c1-3-5-7-8-9-11-25-14-18-27(19-15-25)29-22-20-28(21-23-29)26-16-12-24(13-17-26)10-6-4-2/h12-13,16-17,20-23,25,27H,3-11,14-15,18-19H2,1-2H3. The Labute approximate surface area is 180 Å². The van der Waals surface area contributed by atoms with Crippen LogP contribution in [0.25, 0.3) is 11.1 Å². The van der Waals surface area contributed by atoms with Gasteiger partial charge in [-0.3, -0.25) is 0 Å². The Bertz CT molecular complexity index is 671. The molecule has 29 heavy (non-hydrogen) atoms. The van der Waals surface area contributed by atoms with Crippen molar-refractivity contribution in [3.63, 3.8) is 0 Å². The fraction of sp³-hybridized carbons (Fsp3) is 0.586. The molecule has 2 aromatic rings. The van der Waals surface area contributed by atoms with Gasteiger partial charge in [-0.2, -0.15) is 0 Å². The molecule has 0 atom stereocenters. The van der Waals surface area contributed by atoms with Crippen molar-refractivity contribution in [3.05, 3.63) is 59.7 Å². The number of unbranched alkanes of at least 4 members (excludes halogenated alkanes) is 5. The molecule has 0 nitrogen and oxygen atoms in total. The summed E-state index contributed by atoms with van der Waals surface area (Å²) in [6.07, 6.45) is 18.0. The maximum atomic E-state index is 2.40. The van der Waals surface area contributed by atoms with Crippen molar-refractivity contribution in [2.75, 3.05) is 0 Å². The maximum Gasteiger partial charge on any atom is -0.0162 e. The van der Waals surface area contributed by atoms with Crippen LogP contribution in [0.4, 0.5) is 0 Å². The Kier molecular flexibility index (Phi) is 9.32. The van der Waals surface area contributed by atoms with Crippen molar-refractivity contribution < 1.29 is 0 Å². The van der Waals surface area contributed by atoms with Crippen LogP contribution in [0.3, 0.4) is 0 Å². The number of rotatable bonds is 11. The summed E-state index contributed by atoms with van der Waals surface area (Å²) >= 11 is 0. The van der Waals surface area contributed by atoms with Gasteiger partial charge in [0.15, 0.2) is 0 Å². The molecule has 2 aromatic carbocycles. The first-order chi connectivity index (χ1) is 14.3. The summed E-state index contributed by atoms with van der Waals surface area (Å²) in [6, 6.07) is 18.7. The van der Waals surface area contributed by atoms with Gasteiger partial charge < -0.3 is 0 Å². The minimum Gasteiger partial charge on any atom is -0.0654 e. The smallest absolute Gasteiger partial charge is 0.0162 e. The van der Waals surface area contributed by atoms with Crippen molar-refractivity contribution in [1.82, 2.24) is 0 Å². The van der Waals surface area contributed by atoms with E-state index in [4.69, 9.17) is 0 Å². The van der Waals surface area contributed by atoms with E-state index in [1.165, 1.54) is 100 Å². The van der Waals surface area contributed by atoms with E-state index in [0.29, 0.717) is 0 Å². The minimum atomic E-state index is 0.789. The van der Waals surface area contributed by atoms with Crippen LogP contribution in [-0.4, -0.2) is 0 Å². The second-order valence-electron chi connectivity index (χ2n) is 9.34. The van der Waals surface area contributed by atoms with Crippen molar-refractivity contribution in [3.8, 4) is 11.1 Å². The average molecular weight is 391 g/mol. The van der Waals surface area contributed by atoms with Gasteiger partial charge in [-0.25, -0.2) is 0 Å². The van der Waals surface area contributed by atoms with Crippen LogP contribution >= 0.6 is 0 Å². The van der Waals surface area contributed by atoms with Crippen LogP contribution in [0.1, 0.15) is 108 Å². The molecule has 0 spiro atoms. The molecule has 158 valence electrons. The van der Waals surface area contributed by atoms with Crippen LogP contribution in [-0.2, 0) is 6.42 Å². The van der Waals surface area contributed by atoms with E-state index in [-0.39, 0.29) is 0 Å². The second kappa shape index (κ2) is 12.2. The van der Waals surface area contributed by atoms with Gasteiger partial charge in [0, 0.05) is 0 Å². The highest BCUT2D eigenvalue weighted by Crippen LogP contribution is 2.38. The Morgan fingerprint density at radius 1 is 0.621 bits per heavy atom. The molecular weight excluding hydrogens is 348 g/mol. The van der Waals surface area contributed by atoms with Crippen LogP contribution in [0.2, 0.25) is 0 Å². The molecule has 0 saturated heterocycles. The van der Waals surface area contributed by atoms with Gasteiger partial charge in [0.25, 0.3) is 0 Å². The molecule has 1 aliphatic carbocycles. The molecule has 3 rings (SSSR count). The monoisotopic (exact) mass is 390 g/mol. The molecule has 0 unspecified atom stereocenters. The van der Waals surface area contributed by atoms with Gasteiger partial charge in [0.2, 0.25) is 0 Å². The van der Waals surface area contributed by atoms with Crippen LogP contribution in [0.15, 0.2) is 48.5 Å². The maximum absolute atomic E-state index is 2.40. The van der Waals surface area contributed by atoms with Gasteiger partial charge >= 0.3 is 0 Å². The summed E-state index contributed by atoms with van der Waals surface area (Å²) in [4.78, 5) is 0. The lowest BCUT2D eigenvalue weighted by Gasteiger charge is -2.29. The highest BCUT2D eigenvalue weighted by Gasteiger charge is 2.22. The number of benzene rings is 2. The lowest BCUT2D eigenvalue weighted by atomic mass is 9.77. The van der Waals surface area contributed by atoms with Crippen molar-refractivity contribution in [1.29, 1.82) is 0 Å². The van der Waals surface area contributed by atoms with Crippen LogP contribution < -0.4 is 0 Å². The Morgan fingerprint density at radius 2 is 1.21 bits per heavy atom. The minimum absolute atomic E-state index is 0.789. The normalized spacial score (nSPS) is 19.4. The predicted molar refractivity (Wildman–Crippen MR) is 129 cm³/mol. The summed E-state index contributed by atoms with van der Waals surface area (Å²) in [6.45, 7) is 4.56. The first-order valence-corrected chi connectivity index (χ1v) is 12.5. The Balaban J connectivity index is 1.46. The van der Waals surface area contributed by atoms with Gasteiger partial charge in [0.05, 0.1) is 0 Å². The molecule has 0 amide bonds. The topological polar surface area (TPSA) is 0 Å². The Hall–Kier alpha value is -1.56. The van der Waals surface area contributed by atoms with Gasteiger partial charge in [-0.15, -0.1) is 0 Å². The zero-order chi connectivity index (χ0) is 20.3. The van der Waals surface area contributed by atoms with Crippen LogP contribution in [0, 0.1) is 5.92 Å². The fourth-order valence-electron chi connectivity index (χ4n) is 5.01. The molecule has 0 bridgehead atoms. The number of hydrogen-bond donors (Lipinski definition) is 0. The highest BCUT2D eigenvalue weighted by molar-refractivity contribution is 5.64. The largest absolute Gasteiger partial charge is 0.0654 e. The second-order valence-corrected chi connectivity index (χ2v) is 9.34. The summed E-state index contributed by atoms with van der Waals surface area (Å²) in [7, 11) is 0. The molecule has 1 fully saturated rings. The third kappa shape index (κ3) is 7.02. The summed E-state index contributed by atoms with van der Waals surface area (Å²) in [5.41, 5.74) is 5.74. The van der Waals surface area contributed by atoms with Crippen molar-refractivity contribution >= 4 is 0 Å². The first kappa shape index (κ1) is 22.1. The summed E-state index contributed by atoms with van der Waals surface area (Å²) in [5.74, 6) is 1.79. The lowest BCUT2D eigenvalue weighted by Crippen LogP contribution is -2.13. The SMILES string of the molecule is CCCCCCCC1CCC(c2ccc(-c3ccc(CCCC)cc3)cc2)CC1. The third-order valence-electron chi connectivity index (χ3n) is 7.05. The van der Waals surface area contributed by atoms with E-state index in [1.807, 2.05) is 0 Å². The molecule has 0 aromatic heterocycles. The molecule has 1 saturated carbocycles. The van der Waals surface area contributed by atoms with Gasteiger partial charge in [-0.1, -0.05) is 107 Å². The first-order valence-electron chi connectivity index (χ1n) is 12.5. The predicted octanol–water partition coefficient (Wildman–Crippen LogP) is 9.33. The molecule has 0 N–H and O–H groups in total. The van der Waals surface area contributed by atoms with E-state index in [9.17, 15) is 0 Å². The molecule has 1 aliphatic rings. The van der Waals surface area contributed by atoms with E-state index in [2.05, 4.69) is 62.4 Å². The average Bonchev–Trinajstić information content (AvgIpc) is 2.78. The zero-order valence-electron chi connectivity index (χ0n) is 19.0. The molecule has 0 heteroatoms. The van der Waals surface area contributed by atoms with Crippen molar-refractivity contribution in [2.24, 2.45) is 5.92 Å². The fourth-order valence-corrected chi connectivity index (χ4v) is 5.01. The Morgan fingerprint density at radius 3 is 1.83 bits per heavy atom. The third-order valence-corrected chi connectivity index (χ3v) is 7.05. The van der Waals surface area contributed by atoms with E-state index in [1.54, 1.807) is 5.56 Å². The highest BCUT2D eigenvalue weighted by atomic mass is 14.3. The molecular formula is C29H42. The quantitative estimate of drug-likeness (QED) is 0.335. The van der Waals surface area contributed by atoms with Crippen LogP contribution in [0.5, 0.6) is 0 Å². The van der Waals surface area contributed by atoms with E-state index in [0.717, 1.165) is 11.8 Å². The van der Waals surface area contributed by atoms with Gasteiger partial charge in [0.1, 0.15) is 0 Å². The van der Waals surface area contributed by atoms with E-state index < -0.39 is 0 Å².